The zero-order valence-electron chi connectivity index (χ0n) is 15.3. The molecule has 0 N–H and O–H groups in total. The van der Waals surface area contributed by atoms with Gasteiger partial charge in [-0.25, -0.2) is 16.8 Å². The van der Waals surface area contributed by atoms with E-state index in [-0.39, 0.29) is 16.3 Å². The molecule has 1 heterocycles. The van der Waals surface area contributed by atoms with Gasteiger partial charge in [0.15, 0.2) is 9.84 Å². The smallest absolute Gasteiger partial charge is 0.269 e. The van der Waals surface area contributed by atoms with Crippen molar-refractivity contribution in [2.75, 3.05) is 16.7 Å². The first-order chi connectivity index (χ1) is 13.6. The van der Waals surface area contributed by atoms with Crippen LogP contribution in [0.1, 0.15) is 6.92 Å². The zero-order chi connectivity index (χ0) is 21.2. The van der Waals surface area contributed by atoms with Crippen molar-refractivity contribution in [1.82, 2.24) is 0 Å². The van der Waals surface area contributed by atoms with Crippen molar-refractivity contribution in [2.24, 2.45) is 0 Å². The lowest BCUT2D eigenvalue weighted by atomic mass is 10.2. The van der Waals surface area contributed by atoms with Gasteiger partial charge in [0.05, 0.1) is 33.9 Å². The average Bonchev–Trinajstić information content (AvgIpc) is 3.02. The van der Waals surface area contributed by atoms with Gasteiger partial charge in [0.25, 0.3) is 15.7 Å². The van der Waals surface area contributed by atoms with Gasteiger partial charge in [-0.1, -0.05) is 0 Å². The molecule has 3 rings (SSSR count). The van der Waals surface area contributed by atoms with Gasteiger partial charge in [-0.05, 0) is 49.4 Å². The number of anilines is 1. The van der Waals surface area contributed by atoms with E-state index in [4.69, 9.17) is 4.74 Å². The van der Waals surface area contributed by atoms with Gasteiger partial charge in [0.2, 0.25) is 0 Å². The van der Waals surface area contributed by atoms with Gasteiger partial charge in [0.1, 0.15) is 5.75 Å². The van der Waals surface area contributed by atoms with E-state index in [1.807, 2.05) is 6.92 Å². The molecule has 0 aromatic heterocycles. The fourth-order valence-electron chi connectivity index (χ4n) is 2.92. The lowest BCUT2D eigenvalue weighted by Crippen LogP contribution is -2.41. The van der Waals surface area contributed by atoms with Crippen LogP contribution < -0.4 is 9.04 Å². The average molecular weight is 438 g/mol. The number of hydrogen-bond acceptors (Lipinski definition) is 7. The lowest BCUT2D eigenvalue weighted by Gasteiger charge is -2.29. The summed E-state index contributed by atoms with van der Waals surface area (Å²) < 4.78 is 56.8. The standard InChI is InChI=1S/C18H18N2O7S2/c1-2-27-17-7-3-14(4-8-17)19(16-11-12-28(23,24)13-16)29(25,26)18-9-5-15(6-10-18)20(21)22/h3-12,16H,2,13H2,1H3. The van der Waals surface area contributed by atoms with E-state index in [2.05, 4.69) is 0 Å². The molecule has 0 fully saturated rings. The molecule has 154 valence electrons. The summed E-state index contributed by atoms with van der Waals surface area (Å²) in [5.74, 6) is 0.144. The second-order valence-corrected chi connectivity index (χ2v) is 9.95. The summed E-state index contributed by atoms with van der Waals surface area (Å²) in [6.45, 7) is 2.25. The summed E-state index contributed by atoms with van der Waals surface area (Å²) in [6.07, 6.45) is 1.31. The molecule has 11 heteroatoms. The van der Waals surface area contributed by atoms with E-state index in [1.165, 1.54) is 18.2 Å². The van der Waals surface area contributed by atoms with Crippen molar-refractivity contribution >= 4 is 31.2 Å². The van der Waals surface area contributed by atoms with Crippen LogP contribution in [0.25, 0.3) is 0 Å². The normalized spacial score (nSPS) is 17.8. The third-order valence-corrected chi connectivity index (χ3v) is 7.46. The SMILES string of the molecule is CCOc1ccc(N(C2C=CS(=O)(=O)C2)S(=O)(=O)c2ccc([N+](=O)[O-])cc2)cc1. The molecule has 0 saturated heterocycles. The van der Waals surface area contributed by atoms with Gasteiger partial charge >= 0.3 is 0 Å². The Labute approximate surface area is 168 Å². The van der Waals surface area contributed by atoms with Crippen LogP contribution in [-0.4, -0.2) is 40.2 Å². The minimum absolute atomic E-state index is 0.185. The van der Waals surface area contributed by atoms with Gasteiger partial charge in [-0.3, -0.25) is 14.4 Å². The van der Waals surface area contributed by atoms with E-state index in [9.17, 15) is 26.9 Å². The molecule has 2 aromatic carbocycles. The number of nitrogens with zero attached hydrogens (tertiary/aromatic N) is 2. The van der Waals surface area contributed by atoms with Crippen LogP contribution in [0.4, 0.5) is 11.4 Å². The summed E-state index contributed by atoms with van der Waals surface area (Å²) >= 11 is 0. The van der Waals surface area contributed by atoms with Crippen LogP contribution in [0.5, 0.6) is 5.75 Å². The Hall–Kier alpha value is -2.92. The van der Waals surface area contributed by atoms with E-state index in [0.717, 1.165) is 34.0 Å². The molecule has 1 aliphatic rings. The molecule has 0 bridgehead atoms. The second kappa shape index (κ2) is 7.84. The van der Waals surface area contributed by atoms with Crippen LogP contribution in [0.3, 0.4) is 0 Å². The van der Waals surface area contributed by atoms with Crippen molar-refractivity contribution in [1.29, 1.82) is 0 Å². The maximum Gasteiger partial charge on any atom is 0.269 e. The third kappa shape index (κ3) is 4.40. The molecule has 0 radical (unpaired) electrons. The quantitative estimate of drug-likeness (QED) is 0.480. The molecule has 2 aromatic rings. The van der Waals surface area contributed by atoms with Crippen LogP contribution in [0.15, 0.2) is 64.9 Å². The molecular weight excluding hydrogens is 420 g/mol. The number of nitro benzene ring substituents is 1. The first kappa shape index (κ1) is 20.8. The minimum Gasteiger partial charge on any atom is -0.494 e. The molecule has 1 unspecified atom stereocenters. The molecule has 1 atom stereocenters. The van der Waals surface area contributed by atoms with Crippen LogP contribution >= 0.6 is 0 Å². The number of sulfonamides is 1. The van der Waals surface area contributed by atoms with Crippen LogP contribution in [0.2, 0.25) is 0 Å². The molecule has 0 spiro atoms. The molecule has 29 heavy (non-hydrogen) atoms. The Morgan fingerprint density at radius 2 is 1.76 bits per heavy atom. The molecule has 0 saturated carbocycles. The van der Waals surface area contributed by atoms with Crippen molar-refractivity contribution < 1.29 is 26.5 Å². The van der Waals surface area contributed by atoms with E-state index >= 15 is 0 Å². The second-order valence-electron chi connectivity index (χ2n) is 6.20. The molecule has 0 amide bonds. The summed E-state index contributed by atoms with van der Waals surface area (Å²) in [6, 6.07) is 9.70. The molecule has 9 nitrogen and oxygen atoms in total. The van der Waals surface area contributed by atoms with Crippen molar-refractivity contribution in [2.45, 2.75) is 17.9 Å². The maximum absolute atomic E-state index is 13.3. The summed E-state index contributed by atoms with van der Waals surface area (Å²) in [7, 11) is -7.73. The van der Waals surface area contributed by atoms with Gasteiger partial charge < -0.3 is 4.74 Å². The summed E-state index contributed by atoms with van der Waals surface area (Å²) in [5, 5.41) is 11.8. The number of nitro groups is 1. The highest BCUT2D eigenvalue weighted by atomic mass is 32.2. The highest BCUT2D eigenvalue weighted by Gasteiger charge is 2.36. The summed E-state index contributed by atoms with van der Waals surface area (Å²) in [5.41, 5.74) is -0.00142. The maximum atomic E-state index is 13.3. The fourth-order valence-corrected chi connectivity index (χ4v) is 5.89. The molecular formula is C18H18N2O7S2. The topological polar surface area (TPSA) is 124 Å². The Morgan fingerprint density at radius 1 is 1.14 bits per heavy atom. The highest BCUT2D eigenvalue weighted by Crippen LogP contribution is 2.31. The van der Waals surface area contributed by atoms with Crippen LogP contribution in [-0.2, 0) is 19.9 Å². The number of ether oxygens (including phenoxy) is 1. The first-order valence-corrected chi connectivity index (χ1v) is 11.7. The fraction of sp³-hybridized carbons (Fsp3) is 0.222. The van der Waals surface area contributed by atoms with Crippen molar-refractivity contribution in [3.8, 4) is 5.75 Å². The number of sulfone groups is 1. The largest absolute Gasteiger partial charge is 0.494 e. The Kier molecular flexibility index (Phi) is 5.62. The molecule has 0 aliphatic carbocycles. The number of non-ortho nitro benzene ring substituents is 1. The van der Waals surface area contributed by atoms with E-state index < -0.39 is 36.6 Å². The monoisotopic (exact) mass is 438 g/mol. The predicted molar refractivity (Wildman–Crippen MR) is 107 cm³/mol. The number of hydrogen-bond donors (Lipinski definition) is 0. The Bertz CT molecular complexity index is 1140. The summed E-state index contributed by atoms with van der Waals surface area (Å²) in [4.78, 5) is 10.0. The predicted octanol–water partition coefficient (Wildman–Crippen LogP) is 2.50. The molecule has 1 aliphatic heterocycles. The number of benzene rings is 2. The van der Waals surface area contributed by atoms with E-state index in [0.29, 0.717) is 12.4 Å². The van der Waals surface area contributed by atoms with Gasteiger partial charge in [-0.2, -0.15) is 0 Å². The minimum atomic E-state index is -4.20. The van der Waals surface area contributed by atoms with Gasteiger partial charge in [-0.15, -0.1) is 0 Å². The lowest BCUT2D eigenvalue weighted by molar-refractivity contribution is -0.384. The van der Waals surface area contributed by atoms with Crippen molar-refractivity contribution in [3.63, 3.8) is 0 Å². The third-order valence-electron chi connectivity index (χ3n) is 4.22. The van der Waals surface area contributed by atoms with E-state index in [1.54, 1.807) is 12.1 Å². The highest BCUT2D eigenvalue weighted by molar-refractivity contribution is 7.95. The first-order valence-electron chi connectivity index (χ1n) is 8.57. The van der Waals surface area contributed by atoms with Crippen molar-refractivity contribution in [3.05, 3.63) is 70.1 Å². The Morgan fingerprint density at radius 3 is 2.24 bits per heavy atom. The number of rotatable bonds is 7. The zero-order valence-corrected chi connectivity index (χ0v) is 17.0. The van der Waals surface area contributed by atoms with Crippen LogP contribution in [0, 0.1) is 10.1 Å². The Balaban J connectivity index is 2.06. The van der Waals surface area contributed by atoms with Gasteiger partial charge in [0, 0.05) is 17.5 Å².